The van der Waals surface area contributed by atoms with Gasteiger partial charge in [0.2, 0.25) is 10.0 Å². The van der Waals surface area contributed by atoms with Crippen molar-refractivity contribution in [3.63, 3.8) is 0 Å². The molecule has 2 aromatic carbocycles. The topological polar surface area (TPSA) is 105 Å². The average molecular weight is 657 g/mol. The molecule has 1 fully saturated rings. The van der Waals surface area contributed by atoms with E-state index in [0.29, 0.717) is 38.3 Å². The molecule has 1 amide bonds. The minimum atomic E-state index is -4.10. The van der Waals surface area contributed by atoms with Crippen LogP contribution in [0.5, 0.6) is 5.75 Å². The number of nitrogens with one attached hydrogen (secondary N) is 1. The van der Waals surface area contributed by atoms with Crippen LogP contribution in [-0.2, 0) is 26.6 Å². The number of methoxy groups -OCH3 is 1. The van der Waals surface area contributed by atoms with E-state index >= 15 is 0 Å². The second kappa shape index (κ2) is 12.9. The van der Waals surface area contributed by atoms with Crippen molar-refractivity contribution >= 4 is 33.2 Å². The van der Waals surface area contributed by atoms with Crippen LogP contribution >= 0.6 is 11.6 Å². The van der Waals surface area contributed by atoms with Crippen molar-refractivity contribution in [2.45, 2.75) is 81.7 Å². The molecule has 6 atom stereocenters. The first-order valence-electron chi connectivity index (χ1n) is 16.2. The summed E-state index contributed by atoms with van der Waals surface area (Å²) >= 11 is 6.40. The van der Waals surface area contributed by atoms with Gasteiger partial charge in [-0.1, -0.05) is 43.7 Å². The van der Waals surface area contributed by atoms with Gasteiger partial charge in [0.1, 0.15) is 11.0 Å². The quantitative estimate of drug-likeness (QED) is 0.412. The minimum Gasteiger partial charge on any atom is -0.490 e. The molecular formula is C35H45ClN2O6S. The summed E-state index contributed by atoms with van der Waals surface area (Å²) < 4.78 is 42.1. The van der Waals surface area contributed by atoms with Gasteiger partial charge in [0.25, 0.3) is 5.91 Å². The van der Waals surface area contributed by atoms with Gasteiger partial charge in [-0.25, -0.2) is 13.1 Å². The molecule has 8 nitrogen and oxygen atoms in total. The molecule has 1 spiro atoms. The van der Waals surface area contributed by atoms with Crippen LogP contribution in [0.2, 0.25) is 5.02 Å². The maximum absolute atomic E-state index is 13.7. The number of halogens is 1. The molecule has 2 aliphatic heterocycles. The Bertz CT molecular complexity index is 1560. The Morgan fingerprint density at radius 2 is 2.02 bits per heavy atom. The Labute approximate surface area is 272 Å². The first-order chi connectivity index (χ1) is 21.5. The number of hydrogen-bond donors (Lipinski definition) is 2. The van der Waals surface area contributed by atoms with Crippen LogP contribution in [0.1, 0.15) is 73.9 Å². The number of fused-ring (bicyclic) bond motifs is 4. The fourth-order valence-electron chi connectivity index (χ4n) is 7.91. The van der Waals surface area contributed by atoms with Crippen LogP contribution in [0.3, 0.4) is 0 Å². The van der Waals surface area contributed by atoms with Crippen molar-refractivity contribution in [1.29, 1.82) is 0 Å². The Hall–Kier alpha value is -2.59. The number of amides is 1. The molecule has 2 aromatic rings. The summed E-state index contributed by atoms with van der Waals surface area (Å²) in [4.78, 5) is 16.0. The smallest absolute Gasteiger partial charge is 0.264 e. The lowest BCUT2D eigenvalue weighted by atomic mass is 9.68. The summed E-state index contributed by atoms with van der Waals surface area (Å²) in [6.07, 6.45) is 7.80. The number of carbonyl (C=O) groups is 1. The van der Waals surface area contributed by atoms with Crippen molar-refractivity contribution in [2.75, 3.05) is 31.7 Å². The van der Waals surface area contributed by atoms with Crippen LogP contribution < -0.4 is 14.4 Å². The molecule has 2 aliphatic carbocycles. The van der Waals surface area contributed by atoms with Gasteiger partial charge in [0.05, 0.1) is 24.5 Å². The first-order valence-corrected chi connectivity index (χ1v) is 18.2. The molecule has 10 heteroatoms. The average Bonchev–Trinajstić information content (AvgIpc) is 3.12. The third-order valence-electron chi connectivity index (χ3n) is 10.4. The van der Waals surface area contributed by atoms with Crippen molar-refractivity contribution in [3.8, 4) is 5.75 Å². The maximum atomic E-state index is 13.7. The highest BCUT2D eigenvalue weighted by Crippen LogP contribution is 2.46. The molecule has 0 aromatic heterocycles. The van der Waals surface area contributed by atoms with Crippen LogP contribution in [0.15, 0.2) is 48.6 Å². The second-order valence-electron chi connectivity index (χ2n) is 13.9. The van der Waals surface area contributed by atoms with Crippen LogP contribution in [0.25, 0.3) is 0 Å². The number of aliphatic hydroxyl groups excluding tert-OH is 1. The summed E-state index contributed by atoms with van der Waals surface area (Å²) in [5.74, 6) is 0.387. The number of carbonyl (C=O) groups excluding carboxylic acids is 1. The zero-order valence-electron chi connectivity index (χ0n) is 26.4. The number of ether oxygens (including phenoxy) is 2. The van der Waals surface area contributed by atoms with E-state index in [9.17, 15) is 18.3 Å². The standard InChI is InChI=1S/C35H45ClN2O6S/c1-22(2)16-33-32(43-3)8-4-7-30(39)27-12-9-25(27)19-38-20-35(15-5-6-23-17-26(36)11-13-28(23)35)21-44-31-14-10-24(18-29(31)38)34(40)37-45(33,41)42/h4,7,10-11,13-14,17-18,22,25,27,30,32-33,39H,5-6,8-9,12,15-16,19-21H2,1-3H3,(H,37,40)/b7-4+/t25-,27+,30-,32+,33+,35-/m0/s1. The van der Waals surface area contributed by atoms with Crippen molar-refractivity contribution in [3.05, 3.63) is 70.3 Å². The summed E-state index contributed by atoms with van der Waals surface area (Å²) in [7, 11) is -2.61. The van der Waals surface area contributed by atoms with Gasteiger partial charge in [-0.05, 0) is 104 Å². The monoisotopic (exact) mass is 656 g/mol. The van der Waals surface area contributed by atoms with E-state index in [2.05, 4.69) is 21.8 Å². The summed E-state index contributed by atoms with van der Waals surface area (Å²) in [5.41, 5.74) is 3.25. The van der Waals surface area contributed by atoms with Crippen molar-refractivity contribution < 1.29 is 27.8 Å². The molecule has 45 heavy (non-hydrogen) atoms. The molecule has 4 aliphatic rings. The number of anilines is 1. The van der Waals surface area contributed by atoms with E-state index in [-0.39, 0.29) is 28.7 Å². The van der Waals surface area contributed by atoms with Crippen molar-refractivity contribution in [2.24, 2.45) is 17.8 Å². The second-order valence-corrected chi connectivity index (χ2v) is 16.2. The van der Waals surface area contributed by atoms with Gasteiger partial charge in [-0.15, -0.1) is 0 Å². The highest BCUT2D eigenvalue weighted by molar-refractivity contribution is 7.90. The normalized spacial score (nSPS) is 32.0. The fourth-order valence-corrected chi connectivity index (χ4v) is 9.89. The lowest BCUT2D eigenvalue weighted by Gasteiger charge is -2.45. The van der Waals surface area contributed by atoms with E-state index in [1.807, 2.05) is 26.0 Å². The van der Waals surface area contributed by atoms with Gasteiger partial charge < -0.3 is 19.5 Å². The molecule has 0 saturated heterocycles. The van der Waals surface area contributed by atoms with Crippen LogP contribution in [0, 0.1) is 17.8 Å². The summed E-state index contributed by atoms with van der Waals surface area (Å²) in [6, 6.07) is 11.4. The number of rotatable bonds is 3. The van der Waals surface area contributed by atoms with Gasteiger partial charge in [0.15, 0.2) is 0 Å². The number of sulfonamides is 1. The lowest BCUT2D eigenvalue weighted by Crippen LogP contribution is -2.49. The molecule has 1 saturated carbocycles. The predicted molar refractivity (Wildman–Crippen MR) is 177 cm³/mol. The number of nitrogens with zero attached hydrogens (tertiary/aromatic N) is 1. The largest absolute Gasteiger partial charge is 0.490 e. The first kappa shape index (κ1) is 32.4. The van der Waals surface area contributed by atoms with Crippen LogP contribution in [0.4, 0.5) is 5.69 Å². The van der Waals surface area contributed by atoms with E-state index in [0.717, 1.165) is 42.8 Å². The number of hydrogen-bond acceptors (Lipinski definition) is 7. The highest BCUT2D eigenvalue weighted by atomic mass is 35.5. The predicted octanol–water partition coefficient (Wildman–Crippen LogP) is 5.65. The zero-order chi connectivity index (χ0) is 31.9. The molecule has 244 valence electrons. The van der Waals surface area contributed by atoms with Gasteiger partial charge in [0, 0.05) is 36.2 Å². The van der Waals surface area contributed by atoms with Gasteiger partial charge in [-0.3, -0.25) is 4.79 Å². The van der Waals surface area contributed by atoms with E-state index in [4.69, 9.17) is 21.1 Å². The van der Waals surface area contributed by atoms with Crippen LogP contribution in [-0.4, -0.2) is 63.7 Å². The zero-order valence-corrected chi connectivity index (χ0v) is 27.9. The molecular weight excluding hydrogens is 612 g/mol. The van der Waals surface area contributed by atoms with E-state index < -0.39 is 33.4 Å². The number of benzene rings is 2. The number of aliphatic hydroxyl groups is 1. The SMILES string of the molecule is CO[C@@H]1C/C=C/[C@H](O)[C@@H]2CC[C@H]2CN2C[C@@]3(CCCc4cc(Cl)ccc43)COc3ccc(cc32)C(=O)NS(=O)(=O)[C@@H]1CC(C)C. The molecule has 0 radical (unpaired) electrons. The lowest BCUT2D eigenvalue weighted by molar-refractivity contribution is 0.0451. The minimum absolute atomic E-state index is 0.0571. The third kappa shape index (κ3) is 6.51. The van der Waals surface area contributed by atoms with Gasteiger partial charge >= 0.3 is 0 Å². The Balaban J connectivity index is 1.42. The maximum Gasteiger partial charge on any atom is 0.264 e. The summed E-state index contributed by atoms with van der Waals surface area (Å²) in [6.45, 7) is 5.76. The molecule has 0 unspecified atom stereocenters. The van der Waals surface area contributed by atoms with Gasteiger partial charge in [-0.2, -0.15) is 0 Å². The fraction of sp³-hybridized carbons (Fsp3) is 0.571. The van der Waals surface area contributed by atoms with E-state index in [1.165, 1.54) is 18.2 Å². The summed E-state index contributed by atoms with van der Waals surface area (Å²) in [5, 5.41) is 11.1. The molecule has 2 bridgehead atoms. The molecule has 2 N–H and O–H groups in total. The molecule has 2 heterocycles. The highest BCUT2D eigenvalue weighted by Gasteiger charge is 2.44. The number of aryl methyl sites for hydroxylation is 1. The Morgan fingerprint density at radius 1 is 1.20 bits per heavy atom. The van der Waals surface area contributed by atoms with E-state index in [1.54, 1.807) is 24.3 Å². The van der Waals surface area contributed by atoms with Crippen molar-refractivity contribution in [1.82, 2.24) is 4.72 Å². The Kier molecular flexibility index (Phi) is 9.27. The Morgan fingerprint density at radius 3 is 2.76 bits per heavy atom. The molecule has 6 rings (SSSR count). The third-order valence-corrected chi connectivity index (χ3v) is 12.4.